The molecule has 0 aromatic rings. The van der Waals surface area contributed by atoms with Crippen LogP contribution in [0.5, 0.6) is 0 Å². The molecule has 1 N–H and O–H groups in total. The molecule has 0 spiro atoms. The Labute approximate surface area is 90.0 Å². The molecule has 0 bridgehead atoms. The quantitative estimate of drug-likeness (QED) is 0.313. The van der Waals surface area contributed by atoms with Gasteiger partial charge < -0.3 is 0 Å². The van der Waals surface area contributed by atoms with Crippen LogP contribution in [0.3, 0.4) is 0 Å². The van der Waals surface area contributed by atoms with E-state index in [0.717, 1.165) is 17.5 Å². The third-order valence-electron chi connectivity index (χ3n) is 3.06. The van der Waals surface area contributed by atoms with Gasteiger partial charge in [0.15, 0.2) is 11.4 Å². The number of amidine groups is 1. The molecule has 14 heavy (non-hydrogen) atoms. The summed E-state index contributed by atoms with van der Waals surface area (Å²) in [5.41, 5.74) is 0. The second-order valence-corrected chi connectivity index (χ2v) is 4.65. The molecular weight excluding hydrogens is 194 g/mol. The van der Waals surface area contributed by atoms with Crippen molar-refractivity contribution in [3.8, 4) is 6.19 Å². The standard InChI is InChI=1S/C10H17N3S/c1-7-4-5-9(8(7)2)13-10(14-3)12-6-11/h7-9H,4-5H2,1-3H3,(H,12,13). The van der Waals surface area contributed by atoms with Gasteiger partial charge in [-0.2, -0.15) is 5.26 Å². The molecule has 0 radical (unpaired) electrons. The van der Waals surface area contributed by atoms with Gasteiger partial charge >= 0.3 is 0 Å². The Hall–Kier alpha value is -0.690. The number of aliphatic imine (C=N–C) groups is 1. The minimum Gasteiger partial charge on any atom is -0.272 e. The first-order chi connectivity index (χ1) is 6.69. The van der Waals surface area contributed by atoms with Crippen LogP contribution in [0.25, 0.3) is 0 Å². The lowest BCUT2D eigenvalue weighted by Crippen LogP contribution is -2.20. The van der Waals surface area contributed by atoms with Gasteiger partial charge in [0, 0.05) is 0 Å². The van der Waals surface area contributed by atoms with E-state index in [0.29, 0.717) is 12.0 Å². The van der Waals surface area contributed by atoms with Gasteiger partial charge in [0.05, 0.1) is 6.04 Å². The molecule has 1 fully saturated rings. The van der Waals surface area contributed by atoms with Crippen molar-refractivity contribution in [3.63, 3.8) is 0 Å². The van der Waals surface area contributed by atoms with E-state index in [2.05, 4.69) is 24.2 Å². The zero-order chi connectivity index (χ0) is 10.6. The van der Waals surface area contributed by atoms with Crippen LogP contribution in [-0.4, -0.2) is 17.5 Å². The first kappa shape index (κ1) is 11.4. The van der Waals surface area contributed by atoms with Gasteiger partial charge in [0.25, 0.3) is 0 Å². The molecule has 0 amide bonds. The maximum Gasteiger partial charge on any atom is 0.183 e. The van der Waals surface area contributed by atoms with Gasteiger partial charge in [0.1, 0.15) is 0 Å². The second-order valence-electron chi connectivity index (χ2n) is 3.86. The molecule has 3 atom stereocenters. The number of rotatable bonds is 1. The highest BCUT2D eigenvalue weighted by Crippen LogP contribution is 2.33. The van der Waals surface area contributed by atoms with E-state index < -0.39 is 0 Å². The van der Waals surface area contributed by atoms with Gasteiger partial charge in [-0.25, -0.2) is 0 Å². The van der Waals surface area contributed by atoms with Crippen LogP contribution >= 0.6 is 11.8 Å². The summed E-state index contributed by atoms with van der Waals surface area (Å²) >= 11 is 1.50. The minimum absolute atomic E-state index is 0.397. The van der Waals surface area contributed by atoms with Crippen LogP contribution in [-0.2, 0) is 0 Å². The summed E-state index contributed by atoms with van der Waals surface area (Å²) in [5, 5.41) is 11.9. The first-order valence-electron chi connectivity index (χ1n) is 4.96. The smallest absolute Gasteiger partial charge is 0.183 e. The maximum absolute atomic E-state index is 8.50. The van der Waals surface area contributed by atoms with Crippen molar-refractivity contribution < 1.29 is 0 Å². The molecule has 1 aliphatic carbocycles. The Morgan fingerprint density at radius 2 is 2.21 bits per heavy atom. The second kappa shape index (κ2) is 5.26. The number of nitrogens with zero attached hydrogens (tertiary/aromatic N) is 2. The summed E-state index contributed by atoms with van der Waals surface area (Å²) in [5.74, 6) is 1.39. The Kier molecular flexibility index (Phi) is 4.27. The molecule has 3 unspecified atom stereocenters. The Morgan fingerprint density at radius 3 is 2.64 bits per heavy atom. The lowest BCUT2D eigenvalue weighted by Gasteiger charge is -2.14. The summed E-state index contributed by atoms with van der Waals surface area (Å²) in [6.45, 7) is 4.52. The van der Waals surface area contributed by atoms with Gasteiger partial charge in [-0.15, -0.1) is 0 Å². The molecular formula is C10H17N3S. The SMILES string of the molecule is CSC(=NC1CCC(C)C1C)NC#N. The summed E-state index contributed by atoms with van der Waals surface area (Å²) in [4.78, 5) is 4.56. The predicted molar refractivity (Wildman–Crippen MR) is 61.0 cm³/mol. The summed E-state index contributed by atoms with van der Waals surface area (Å²) in [6, 6.07) is 0.397. The lowest BCUT2D eigenvalue weighted by molar-refractivity contribution is 0.423. The van der Waals surface area contributed by atoms with E-state index in [4.69, 9.17) is 5.26 Å². The van der Waals surface area contributed by atoms with Crippen molar-refractivity contribution in [1.29, 1.82) is 5.26 Å². The largest absolute Gasteiger partial charge is 0.272 e. The maximum atomic E-state index is 8.50. The number of thioether (sulfide) groups is 1. The number of hydrogen-bond acceptors (Lipinski definition) is 3. The van der Waals surface area contributed by atoms with E-state index in [9.17, 15) is 0 Å². The highest BCUT2D eigenvalue weighted by atomic mass is 32.2. The highest BCUT2D eigenvalue weighted by Gasteiger charge is 2.29. The molecule has 0 aromatic heterocycles. The topological polar surface area (TPSA) is 48.2 Å². The fourth-order valence-electron chi connectivity index (χ4n) is 1.86. The third kappa shape index (κ3) is 2.65. The zero-order valence-electron chi connectivity index (χ0n) is 8.95. The van der Waals surface area contributed by atoms with Crippen molar-refractivity contribution >= 4 is 16.9 Å². The average Bonchev–Trinajstić information content (AvgIpc) is 2.49. The molecule has 3 nitrogen and oxygen atoms in total. The Balaban J connectivity index is 2.61. The van der Waals surface area contributed by atoms with E-state index in [1.165, 1.54) is 18.2 Å². The van der Waals surface area contributed by atoms with E-state index in [1.54, 1.807) is 0 Å². The van der Waals surface area contributed by atoms with Crippen molar-refractivity contribution in [2.45, 2.75) is 32.7 Å². The summed E-state index contributed by atoms with van der Waals surface area (Å²) in [7, 11) is 0. The molecule has 0 heterocycles. The molecule has 1 saturated carbocycles. The minimum atomic E-state index is 0.397. The Bertz CT molecular complexity index is 257. The molecule has 0 saturated heterocycles. The average molecular weight is 211 g/mol. The molecule has 1 rings (SSSR count). The third-order valence-corrected chi connectivity index (χ3v) is 3.66. The first-order valence-corrected chi connectivity index (χ1v) is 6.18. The molecule has 78 valence electrons. The van der Waals surface area contributed by atoms with Crippen LogP contribution in [0.15, 0.2) is 4.99 Å². The number of nitriles is 1. The fraction of sp³-hybridized carbons (Fsp3) is 0.800. The fourth-order valence-corrected chi connectivity index (χ4v) is 2.24. The van der Waals surface area contributed by atoms with E-state index in [-0.39, 0.29) is 0 Å². The summed E-state index contributed by atoms with van der Waals surface area (Å²) < 4.78 is 0. The predicted octanol–water partition coefficient (Wildman–Crippen LogP) is 2.21. The van der Waals surface area contributed by atoms with Crippen molar-refractivity contribution in [2.24, 2.45) is 16.8 Å². The Morgan fingerprint density at radius 1 is 1.50 bits per heavy atom. The van der Waals surface area contributed by atoms with Crippen molar-refractivity contribution in [2.75, 3.05) is 6.26 Å². The van der Waals surface area contributed by atoms with Gasteiger partial charge in [-0.3, -0.25) is 10.3 Å². The molecule has 4 heteroatoms. The van der Waals surface area contributed by atoms with Gasteiger partial charge in [-0.05, 0) is 30.9 Å². The van der Waals surface area contributed by atoms with E-state index >= 15 is 0 Å². The van der Waals surface area contributed by atoms with Crippen LogP contribution in [0.1, 0.15) is 26.7 Å². The zero-order valence-corrected chi connectivity index (χ0v) is 9.77. The van der Waals surface area contributed by atoms with Crippen LogP contribution < -0.4 is 5.32 Å². The number of nitrogens with one attached hydrogen (secondary N) is 1. The van der Waals surface area contributed by atoms with Gasteiger partial charge in [0.2, 0.25) is 0 Å². The highest BCUT2D eigenvalue weighted by molar-refractivity contribution is 8.13. The van der Waals surface area contributed by atoms with Gasteiger partial charge in [-0.1, -0.05) is 25.6 Å². The normalized spacial score (nSPS) is 32.7. The number of hydrogen-bond donors (Lipinski definition) is 1. The molecule has 0 aliphatic heterocycles. The van der Waals surface area contributed by atoms with Crippen molar-refractivity contribution in [1.82, 2.24) is 5.32 Å². The summed E-state index contributed by atoms with van der Waals surface area (Å²) in [6.07, 6.45) is 6.26. The monoisotopic (exact) mass is 211 g/mol. The molecule has 1 aliphatic rings. The van der Waals surface area contributed by atoms with Crippen LogP contribution in [0, 0.1) is 23.3 Å². The van der Waals surface area contributed by atoms with E-state index in [1.807, 2.05) is 12.4 Å². The molecule has 0 aromatic carbocycles. The van der Waals surface area contributed by atoms with Crippen LogP contribution in [0.2, 0.25) is 0 Å². The lowest BCUT2D eigenvalue weighted by atomic mass is 9.98. The van der Waals surface area contributed by atoms with Crippen LogP contribution in [0.4, 0.5) is 0 Å². The van der Waals surface area contributed by atoms with Crippen molar-refractivity contribution in [3.05, 3.63) is 0 Å².